The van der Waals surface area contributed by atoms with Crippen molar-refractivity contribution in [3.8, 4) is 11.3 Å². The second kappa shape index (κ2) is 9.84. The lowest BCUT2D eigenvalue weighted by atomic mass is 9.80. The minimum Gasteiger partial charge on any atom is -0.465 e. The van der Waals surface area contributed by atoms with Gasteiger partial charge in [-0.2, -0.15) is 0 Å². The number of rotatable bonds is 4. The Hall–Kier alpha value is -2.77. The Morgan fingerprint density at radius 3 is 2.59 bits per heavy atom. The standard InChI is InChI=1S/C29H37ClN4O3/c1-16(2)25-21-12-18(19-9-11-34(29(36)37)24(13-19)20-8-10-32(4)14-20)6-7-23(21)31-27(25)22-15-33(5)28(35)26(30)17(22)3/h6-7,12,15-16,19-20,24,31H,8-11,13-14H2,1-5H3,(H,36,37). The lowest BCUT2D eigenvalue weighted by molar-refractivity contribution is 0.0775. The van der Waals surface area contributed by atoms with Gasteiger partial charge in [0.15, 0.2) is 0 Å². The summed E-state index contributed by atoms with van der Waals surface area (Å²) in [7, 11) is 3.85. The maximum absolute atomic E-state index is 12.4. The number of aromatic nitrogens is 2. The summed E-state index contributed by atoms with van der Waals surface area (Å²) in [6.45, 7) is 8.85. The van der Waals surface area contributed by atoms with Crippen molar-refractivity contribution in [1.82, 2.24) is 19.4 Å². The van der Waals surface area contributed by atoms with E-state index in [2.05, 4.69) is 49.0 Å². The molecule has 3 unspecified atom stereocenters. The first-order chi connectivity index (χ1) is 17.6. The molecular formula is C29H37ClN4O3. The average Bonchev–Trinajstić information content (AvgIpc) is 3.47. The number of nitrogens with zero attached hydrogens (tertiary/aromatic N) is 3. The monoisotopic (exact) mass is 524 g/mol. The molecule has 2 aliphatic rings. The Balaban J connectivity index is 1.55. The number of benzene rings is 1. The van der Waals surface area contributed by atoms with Crippen molar-refractivity contribution in [3.63, 3.8) is 0 Å². The van der Waals surface area contributed by atoms with Crippen LogP contribution in [0.15, 0.2) is 29.2 Å². The molecule has 3 atom stereocenters. The predicted octanol–water partition coefficient (Wildman–Crippen LogP) is 5.80. The molecule has 0 spiro atoms. The Labute approximate surface area is 223 Å². The molecule has 1 amide bonds. The van der Waals surface area contributed by atoms with Crippen LogP contribution in [0.4, 0.5) is 4.79 Å². The minimum atomic E-state index is -0.794. The Kier molecular flexibility index (Phi) is 6.88. The molecule has 4 heterocycles. The maximum Gasteiger partial charge on any atom is 0.407 e. The van der Waals surface area contributed by atoms with E-state index in [-0.39, 0.29) is 22.5 Å². The van der Waals surface area contributed by atoms with Crippen LogP contribution in [-0.4, -0.2) is 63.3 Å². The van der Waals surface area contributed by atoms with Gasteiger partial charge in [-0.15, -0.1) is 0 Å². The van der Waals surface area contributed by atoms with Gasteiger partial charge < -0.3 is 24.5 Å². The van der Waals surface area contributed by atoms with Gasteiger partial charge in [0, 0.05) is 48.8 Å². The fourth-order valence-electron chi connectivity index (χ4n) is 6.60. The number of carbonyl (C=O) groups is 1. The number of nitrogens with one attached hydrogen (secondary N) is 1. The molecule has 1 aromatic carbocycles. The Bertz CT molecular complexity index is 1410. The van der Waals surface area contributed by atoms with Gasteiger partial charge in [0.1, 0.15) is 5.02 Å². The van der Waals surface area contributed by atoms with E-state index in [0.29, 0.717) is 18.4 Å². The van der Waals surface area contributed by atoms with E-state index >= 15 is 0 Å². The summed E-state index contributed by atoms with van der Waals surface area (Å²) >= 11 is 6.41. The normalized spacial score (nSPS) is 22.9. The van der Waals surface area contributed by atoms with E-state index in [1.807, 2.05) is 13.1 Å². The number of H-pyrrole nitrogens is 1. The van der Waals surface area contributed by atoms with E-state index in [1.165, 1.54) is 16.5 Å². The zero-order chi connectivity index (χ0) is 26.6. The van der Waals surface area contributed by atoms with Gasteiger partial charge in [-0.25, -0.2) is 4.79 Å². The van der Waals surface area contributed by atoms with Gasteiger partial charge in [0.25, 0.3) is 5.56 Å². The smallest absolute Gasteiger partial charge is 0.407 e. The van der Waals surface area contributed by atoms with E-state index in [1.54, 1.807) is 16.5 Å². The molecule has 37 heavy (non-hydrogen) atoms. The second-order valence-corrected chi connectivity index (χ2v) is 11.7. The number of amides is 1. The number of piperidine rings is 1. The molecule has 198 valence electrons. The van der Waals surface area contributed by atoms with Gasteiger partial charge in [-0.05, 0) is 86.4 Å². The summed E-state index contributed by atoms with van der Waals surface area (Å²) in [5.74, 6) is 0.961. The number of aryl methyl sites for hydroxylation is 1. The van der Waals surface area contributed by atoms with Crippen molar-refractivity contribution in [2.75, 3.05) is 26.7 Å². The molecule has 2 aromatic heterocycles. The molecule has 0 aliphatic carbocycles. The highest BCUT2D eigenvalue weighted by Gasteiger charge is 2.39. The Morgan fingerprint density at radius 2 is 1.95 bits per heavy atom. The van der Waals surface area contributed by atoms with Crippen molar-refractivity contribution in [1.29, 1.82) is 0 Å². The first kappa shape index (κ1) is 25.9. The van der Waals surface area contributed by atoms with E-state index in [0.717, 1.165) is 54.7 Å². The van der Waals surface area contributed by atoms with Crippen molar-refractivity contribution >= 4 is 28.6 Å². The highest BCUT2D eigenvalue weighted by molar-refractivity contribution is 6.31. The molecule has 2 N–H and O–H groups in total. The first-order valence-corrected chi connectivity index (χ1v) is 13.6. The first-order valence-electron chi connectivity index (χ1n) is 13.3. The maximum atomic E-state index is 12.4. The highest BCUT2D eigenvalue weighted by atomic mass is 35.5. The molecule has 0 saturated carbocycles. The predicted molar refractivity (Wildman–Crippen MR) is 149 cm³/mol. The van der Waals surface area contributed by atoms with Crippen LogP contribution in [0.2, 0.25) is 5.02 Å². The zero-order valence-corrected chi connectivity index (χ0v) is 23.1. The van der Waals surface area contributed by atoms with Crippen LogP contribution in [-0.2, 0) is 7.05 Å². The highest BCUT2D eigenvalue weighted by Crippen LogP contribution is 2.41. The molecule has 7 nitrogen and oxygen atoms in total. The van der Waals surface area contributed by atoms with Gasteiger partial charge in [0.05, 0.1) is 5.69 Å². The molecule has 5 rings (SSSR count). The van der Waals surface area contributed by atoms with Crippen LogP contribution >= 0.6 is 11.6 Å². The second-order valence-electron chi connectivity index (χ2n) is 11.3. The zero-order valence-electron chi connectivity index (χ0n) is 22.3. The number of hydrogen-bond donors (Lipinski definition) is 2. The summed E-state index contributed by atoms with van der Waals surface area (Å²) in [4.78, 5) is 32.0. The quantitative estimate of drug-likeness (QED) is 0.452. The van der Waals surface area contributed by atoms with Crippen LogP contribution in [0.5, 0.6) is 0 Å². The van der Waals surface area contributed by atoms with E-state index in [9.17, 15) is 14.7 Å². The average molecular weight is 525 g/mol. The third-order valence-electron chi connectivity index (χ3n) is 8.61. The molecule has 8 heteroatoms. The van der Waals surface area contributed by atoms with Crippen LogP contribution in [0.1, 0.15) is 61.6 Å². The summed E-state index contributed by atoms with van der Waals surface area (Å²) < 4.78 is 1.54. The number of carboxylic acid groups (broad SMARTS) is 1. The van der Waals surface area contributed by atoms with Crippen LogP contribution in [0.25, 0.3) is 22.2 Å². The van der Waals surface area contributed by atoms with Gasteiger partial charge in [-0.1, -0.05) is 31.5 Å². The number of halogens is 1. The number of pyridine rings is 1. The van der Waals surface area contributed by atoms with Crippen molar-refractivity contribution in [3.05, 3.63) is 56.5 Å². The molecule has 2 aliphatic heterocycles. The van der Waals surface area contributed by atoms with E-state index in [4.69, 9.17) is 11.6 Å². The van der Waals surface area contributed by atoms with E-state index < -0.39 is 6.09 Å². The summed E-state index contributed by atoms with van der Waals surface area (Å²) in [5, 5.41) is 11.3. The third kappa shape index (κ3) is 4.57. The molecule has 0 radical (unpaired) electrons. The molecular weight excluding hydrogens is 488 g/mol. The minimum absolute atomic E-state index is 0.0543. The van der Waals surface area contributed by atoms with Gasteiger partial charge in [-0.3, -0.25) is 4.79 Å². The van der Waals surface area contributed by atoms with Gasteiger partial charge in [0.2, 0.25) is 0 Å². The third-order valence-corrected chi connectivity index (χ3v) is 9.05. The molecule has 3 aromatic rings. The molecule has 2 fully saturated rings. The number of fused-ring (bicyclic) bond motifs is 1. The fourth-order valence-corrected chi connectivity index (χ4v) is 6.83. The lowest BCUT2D eigenvalue weighted by Gasteiger charge is -2.41. The van der Waals surface area contributed by atoms with Crippen molar-refractivity contribution < 1.29 is 9.90 Å². The van der Waals surface area contributed by atoms with Crippen LogP contribution in [0.3, 0.4) is 0 Å². The number of aromatic amines is 1. The largest absolute Gasteiger partial charge is 0.465 e. The summed E-state index contributed by atoms with van der Waals surface area (Å²) in [5.41, 5.74) is 6.08. The van der Waals surface area contributed by atoms with Crippen molar-refractivity contribution in [2.45, 2.75) is 57.9 Å². The molecule has 2 saturated heterocycles. The topological polar surface area (TPSA) is 81.6 Å². The fraction of sp³-hybridized carbons (Fsp3) is 0.517. The number of hydrogen-bond acceptors (Lipinski definition) is 3. The summed E-state index contributed by atoms with van der Waals surface area (Å²) in [6, 6.07) is 6.72. The van der Waals surface area contributed by atoms with Crippen LogP contribution in [0, 0.1) is 12.8 Å². The van der Waals surface area contributed by atoms with Gasteiger partial charge >= 0.3 is 6.09 Å². The van der Waals surface area contributed by atoms with Crippen molar-refractivity contribution in [2.24, 2.45) is 13.0 Å². The van der Waals surface area contributed by atoms with Crippen LogP contribution < -0.4 is 5.56 Å². The number of likely N-dealkylation sites (tertiary alicyclic amines) is 2. The lowest BCUT2D eigenvalue weighted by Crippen LogP contribution is -2.49. The summed E-state index contributed by atoms with van der Waals surface area (Å²) in [6.07, 6.45) is 3.82. The SMILES string of the molecule is Cc1c(-c2[nH]c3ccc(C4CCN(C(=O)O)C(C5CCN(C)C5)C4)cc3c2C(C)C)cn(C)c(=O)c1Cl. The Morgan fingerprint density at radius 1 is 1.19 bits per heavy atom. The molecule has 0 bridgehead atoms.